The SMILES string of the molecule is CC(=O)Oc1c2c(nn1-c1ccccc1)CCCS2. The van der Waals surface area contributed by atoms with Crippen LogP contribution in [0.3, 0.4) is 0 Å². The Labute approximate surface area is 115 Å². The Kier molecular flexibility index (Phi) is 3.29. The molecule has 2 heterocycles. The number of carbonyl (C=O) groups is 1. The summed E-state index contributed by atoms with van der Waals surface area (Å²) in [6.45, 7) is 1.42. The molecule has 1 aliphatic heterocycles. The molecule has 5 heteroatoms. The summed E-state index contributed by atoms with van der Waals surface area (Å²) in [5.41, 5.74) is 1.94. The van der Waals surface area contributed by atoms with Crippen LogP contribution in [0, 0.1) is 0 Å². The van der Waals surface area contributed by atoms with Gasteiger partial charge in [0.25, 0.3) is 0 Å². The van der Waals surface area contributed by atoms with Crippen molar-refractivity contribution >= 4 is 17.7 Å². The maximum Gasteiger partial charge on any atom is 0.309 e. The Balaban J connectivity index is 2.12. The van der Waals surface area contributed by atoms with Crippen molar-refractivity contribution in [1.29, 1.82) is 0 Å². The maximum atomic E-state index is 11.3. The van der Waals surface area contributed by atoms with E-state index < -0.39 is 0 Å². The van der Waals surface area contributed by atoms with Gasteiger partial charge in [0.05, 0.1) is 16.3 Å². The van der Waals surface area contributed by atoms with Crippen LogP contribution in [0.2, 0.25) is 0 Å². The third-order valence-corrected chi connectivity index (χ3v) is 4.11. The number of nitrogens with zero attached hydrogens (tertiary/aromatic N) is 2. The average molecular weight is 274 g/mol. The van der Waals surface area contributed by atoms with Crippen molar-refractivity contribution in [3.63, 3.8) is 0 Å². The number of esters is 1. The van der Waals surface area contributed by atoms with E-state index in [-0.39, 0.29) is 5.97 Å². The third kappa shape index (κ3) is 2.38. The summed E-state index contributed by atoms with van der Waals surface area (Å²) in [5.74, 6) is 1.28. The zero-order valence-corrected chi connectivity index (χ0v) is 11.4. The van der Waals surface area contributed by atoms with Crippen molar-refractivity contribution in [2.75, 3.05) is 5.75 Å². The predicted molar refractivity (Wildman–Crippen MR) is 73.9 cm³/mol. The number of fused-ring (bicyclic) bond motifs is 1. The molecule has 98 valence electrons. The van der Waals surface area contributed by atoms with E-state index in [2.05, 4.69) is 5.10 Å². The second-order valence-corrected chi connectivity index (χ2v) is 5.48. The van der Waals surface area contributed by atoms with Gasteiger partial charge >= 0.3 is 5.97 Å². The zero-order chi connectivity index (χ0) is 13.2. The summed E-state index contributed by atoms with van der Waals surface area (Å²) >= 11 is 1.71. The molecule has 0 unspecified atom stereocenters. The number of ether oxygens (including phenoxy) is 1. The number of para-hydroxylation sites is 1. The molecule has 0 amide bonds. The number of rotatable bonds is 2. The Morgan fingerprint density at radius 1 is 1.37 bits per heavy atom. The maximum absolute atomic E-state index is 11.3. The van der Waals surface area contributed by atoms with Gasteiger partial charge in [0.15, 0.2) is 0 Å². The van der Waals surface area contributed by atoms with Gasteiger partial charge in [-0.1, -0.05) is 18.2 Å². The molecule has 1 aliphatic rings. The van der Waals surface area contributed by atoms with Gasteiger partial charge in [-0.2, -0.15) is 9.78 Å². The summed E-state index contributed by atoms with van der Waals surface area (Å²) in [6, 6.07) is 9.75. The molecule has 0 saturated carbocycles. The number of aryl methyl sites for hydroxylation is 1. The molecule has 0 saturated heterocycles. The van der Waals surface area contributed by atoms with Crippen LogP contribution < -0.4 is 4.74 Å². The Morgan fingerprint density at radius 2 is 2.16 bits per heavy atom. The summed E-state index contributed by atoms with van der Waals surface area (Å²) in [5, 5.41) is 4.59. The standard InChI is InChI=1S/C14H14N2O2S/c1-10(17)18-14-13-12(8-5-9-19-13)15-16(14)11-6-3-2-4-7-11/h2-4,6-7H,5,8-9H2,1H3. The minimum atomic E-state index is -0.314. The van der Waals surface area contributed by atoms with E-state index in [4.69, 9.17) is 4.74 Å². The summed E-state index contributed by atoms with van der Waals surface area (Å²) in [4.78, 5) is 12.3. The van der Waals surface area contributed by atoms with Gasteiger partial charge in [-0.3, -0.25) is 4.79 Å². The van der Waals surface area contributed by atoms with E-state index in [1.165, 1.54) is 6.92 Å². The van der Waals surface area contributed by atoms with Crippen molar-refractivity contribution in [3.05, 3.63) is 36.0 Å². The fourth-order valence-corrected chi connectivity index (χ4v) is 3.18. The first-order chi connectivity index (χ1) is 9.25. The summed E-state index contributed by atoms with van der Waals surface area (Å²) in [6.07, 6.45) is 2.05. The highest BCUT2D eigenvalue weighted by atomic mass is 32.2. The first-order valence-electron chi connectivity index (χ1n) is 6.24. The van der Waals surface area contributed by atoms with Crippen molar-refractivity contribution in [2.24, 2.45) is 0 Å². The molecule has 2 aromatic rings. The number of carbonyl (C=O) groups excluding carboxylic acids is 1. The van der Waals surface area contributed by atoms with Gasteiger partial charge in [-0.15, -0.1) is 11.8 Å². The highest BCUT2D eigenvalue weighted by Crippen LogP contribution is 2.38. The largest absolute Gasteiger partial charge is 0.406 e. The van der Waals surface area contributed by atoms with Crippen LogP contribution in [0.5, 0.6) is 5.88 Å². The highest BCUT2D eigenvalue weighted by molar-refractivity contribution is 7.99. The Hall–Kier alpha value is -1.75. The van der Waals surface area contributed by atoms with Crippen molar-refractivity contribution < 1.29 is 9.53 Å². The number of thioether (sulfide) groups is 1. The smallest absolute Gasteiger partial charge is 0.309 e. The van der Waals surface area contributed by atoms with Crippen LogP contribution in [0.1, 0.15) is 19.0 Å². The molecule has 0 fully saturated rings. The second-order valence-electron chi connectivity index (χ2n) is 4.37. The van der Waals surface area contributed by atoms with Gasteiger partial charge < -0.3 is 4.74 Å². The lowest BCUT2D eigenvalue weighted by molar-refractivity contribution is -0.132. The lowest BCUT2D eigenvalue weighted by atomic mass is 10.2. The van der Waals surface area contributed by atoms with Gasteiger partial charge in [0.1, 0.15) is 0 Å². The van der Waals surface area contributed by atoms with Gasteiger partial charge in [-0.25, -0.2) is 0 Å². The molecule has 0 bridgehead atoms. The fourth-order valence-electron chi connectivity index (χ4n) is 2.12. The highest BCUT2D eigenvalue weighted by Gasteiger charge is 2.24. The van der Waals surface area contributed by atoms with E-state index in [1.807, 2.05) is 30.3 Å². The monoisotopic (exact) mass is 274 g/mol. The molecule has 0 aliphatic carbocycles. The summed E-state index contributed by atoms with van der Waals surface area (Å²) in [7, 11) is 0. The third-order valence-electron chi connectivity index (χ3n) is 2.91. The molecule has 0 radical (unpaired) electrons. The number of hydrogen-bond acceptors (Lipinski definition) is 4. The predicted octanol–water partition coefficient (Wildman–Crippen LogP) is 2.84. The first kappa shape index (κ1) is 12.3. The van der Waals surface area contributed by atoms with Crippen LogP contribution in [0.15, 0.2) is 35.2 Å². The Morgan fingerprint density at radius 3 is 2.89 bits per heavy atom. The van der Waals surface area contributed by atoms with Gasteiger partial charge in [0, 0.05) is 6.92 Å². The lowest BCUT2D eigenvalue weighted by Crippen LogP contribution is -2.08. The molecular formula is C14H14N2O2S. The van der Waals surface area contributed by atoms with Crippen LogP contribution in [-0.2, 0) is 11.2 Å². The van der Waals surface area contributed by atoms with Crippen molar-refractivity contribution in [3.8, 4) is 11.6 Å². The first-order valence-corrected chi connectivity index (χ1v) is 7.23. The Bertz CT molecular complexity index is 607. The van der Waals surface area contributed by atoms with Crippen LogP contribution in [-0.4, -0.2) is 21.5 Å². The number of aromatic nitrogens is 2. The molecule has 1 aromatic carbocycles. The fraction of sp³-hybridized carbons (Fsp3) is 0.286. The zero-order valence-electron chi connectivity index (χ0n) is 10.6. The average Bonchev–Trinajstić information content (AvgIpc) is 2.78. The molecule has 0 atom stereocenters. The number of hydrogen-bond donors (Lipinski definition) is 0. The normalized spacial score (nSPS) is 13.9. The van der Waals surface area contributed by atoms with E-state index in [0.717, 1.165) is 34.9 Å². The molecule has 3 rings (SSSR count). The number of benzene rings is 1. The van der Waals surface area contributed by atoms with Crippen LogP contribution in [0.25, 0.3) is 5.69 Å². The minimum absolute atomic E-state index is 0.314. The van der Waals surface area contributed by atoms with E-state index in [9.17, 15) is 4.79 Å². The van der Waals surface area contributed by atoms with E-state index >= 15 is 0 Å². The molecular weight excluding hydrogens is 260 g/mol. The lowest BCUT2D eigenvalue weighted by Gasteiger charge is -2.10. The van der Waals surface area contributed by atoms with E-state index in [0.29, 0.717) is 5.88 Å². The van der Waals surface area contributed by atoms with Crippen LogP contribution in [0.4, 0.5) is 0 Å². The van der Waals surface area contributed by atoms with Crippen molar-refractivity contribution in [1.82, 2.24) is 9.78 Å². The molecule has 0 spiro atoms. The minimum Gasteiger partial charge on any atom is -0.406 e. The van der Waals surface area contributed by atoms with Gasteiger partial charge in [0.2, 0.25) is 5.88 Å². The van der Waals surface area contributed by atoms with Crippen molar-refractivity contribution in [2.45, 2.75) is 24.7 Å². The van der Waals surface area contributed by atoms with Gasteiger partial charge in [-0.05, 0) is 30.7 Å². The summed E-state index contributed by atoms with van der Waals surface area (Å²) < 4.78 is 7.11. The topological polar surface area (TPSA) is 44.1 Å². The molecule has 4 nitrogen and oxygen atoms in total. The second kappa shape index (κ2) is 5.09. The van der Waals surface area contributed by atoms with E-state index in [1.54, 1.807) is 16.4 Å². The quantitative estimate of drug-likeness (QED) is 0.790. The molecule has 19 heavy (non-hydrogen) atoms. The molecule has 1 aromatic heterocycles. The van der Waals surface area contributed by atoms with Crippen LogP contribution >= 0.6 is 11.8 Å². The molecule has 0 N–H and O–H groups in total.